The number of carbonyl (C=O) groups is 2. The van der Waals surface area contributed by atoms with E-state index in [4.69, 9.17) is 21.1 Å². The van der Waals surface area contributed by atoms with E-state index in [0.29, 0.717) is 27.3 Å². The predicted molar refractivity (Wildman–Crippen MR) is 144 cm³/mol. The van der Waals surface area contributed by atoms with Crippen LogP contribution in [0.2, 0.25) is 5.02 Å². The van der Waals surface area contributed by atoms with E-state index in [0.717, 1.165) is 22.4 Å². The number of ether oxygens (including phenoxy) is 2. The number of carbonyl (C=O) groups excluding carboxylic acids is 2. The van der Waals surface area contributed by atoms with Crippen molar-refractivity contribution in [3.05, 3.63) is 69.6 Å². The largest absolute Gasteiger partial charge is 0.478 e. The Hall–Kier alpha value is -2.83. The lowest BCUT2D eigenvalue weighted by molar-refractivity contribution is -0.128. The minimum Gasteiger partial charge on any atom is -0.478 e. The summed E-state index contributed by atoms with van der Waals surface area (Å²) in [4.78, 5) is 27.2. The molecule has 0 fully saturated rings. The normalized spacial score (nSPS) is 11.4. The van der Waals surface area contributed by atoms with Crippen LogP contribution in [0.5, 0.6) is 5.75 Å². The van der Waals surface area contributed by atoms with Crippen molar-refractivity contribution in [2.75, 3.05) is 11.9 Å². The fourth-order valence-electron chi connectivity index (χ4n) is 3.75. The number of aryl methyl sites for hydroxylation is 1. The summed E-state index contributed by atoms with van der Waals surface area (Å²) in [6, 6.07) is 15.0. The van der Waals surface area contributed by atoms with Gasteiger partial charge in [-0.15, -0.1) is 11.3 Å². The monoisotopic (exact) mass is 513 g/mol. The number of thiophene rings is 1. The van der Waals surface area contributed by atoms with Crippen LogP contribution in [0.15, 0.2) is 48.5 Å². The first-order valence-corrected chi connectivity index (χ1v) is 12.9. The summed E-state index contributed by atoms with van der Waals surface area (Å²) < 4.78 is 11.3. The zero-order valence-corrected chi connectivity index (χ0v) is 22.6. The Labute approximate surface area is 216 Å². The van der Waals surface area contributed by atoms with Crippen molar-refractivity contribution in [2.45, 2.75) is 53.6 Å². The SMILES string of the molecule is CCOC(=O)c1c(NC(=O)C(C)(C)Oc2ccc(Cl)cc2)sc(C)c1-c1ccc(CC(C)C)cc1. The number of hydrogen-bond acceptors (Lipinski definition) is 5. The van der Waals surface area contributed by atoms with E-state index in [9.17, 15) is 9.59 Å². The van der Waals surface area contributed by atoms with Gasteiger partial charge in [0, 0.05) is 15.5 Å². The fraction of sp³-hybridized carbons (Fsp3) is 0.357. The number of benzene rings is 2. The Balaban J connectivity index is 1.93. The van der Waals surface area contributed by atoms with E-state index in [1.54, 1.807) is 45.0 Å². The summed E-state index contributed by atoms with van der Waals surface area (Å²) in [7, 11) is 0. The lowest BCUT2D eigenvalue weighted by Gasteiger charge is -2.25. The summed E-state index contributed by atoms with van der Waals surface area (Å²) in [6.07, 6.45) is 0.984. The van der Waals surface area contributed by atoms with Crippen molar-refractivity contribution in [3.8, 4) is 16.9 Å². The maximum atomic E-state index is 13.2. The third kappa shape index (κ3) is 6.65. The second kappa shape index (κ2) is 11.3. The van der Waals surface area contributed by atoms with E-state index in [2.05, 4.69) is 31.3 Å². The van der Waals surface area contributed by atoms with Gasteiger partial charge in [0.05, 0.1) is 6.61 Å². The quantitative estimate of drug-likeness (QED) is 0.300. The molecule has 0 saturated heterocycles. The Kier molecular flexibility index (Phi) is 8.62. The molecule has 0 aliphatic rings. The zero-order valence-electron chi connectivity index (χ0n) is 21.0. The van der Waals surface area contributed by atoms with Crippen LogP contribution in [-0.2, 0) is 16.0 Å². The number of halogens is 1. The van der Waals surface area contributed by atoms with Gasteiger partial charge in [0.15, 0.2) is 5.60 Å². The molecular formula is C28H32ClNO4S. The van der Waals surface area contributed by atoms with Crippen LogP contribution in [0.1, 0.15) is 55.4 Å². The van der Waals surface area contributed by atoms with E-state index in [1.165, 1.54) is 16.9 Å². The molecule has 3 aromatic rings. The molecule has 0 spiro atoms. The van der Waals surface area contributed by atoms with E-state index >= 15 is 0 Å². The maximum absolute atomic E-state index is 13.2. The molecule has 5 nitrogen and oxygen atoms in total. The highest BCUT2D eigenvalue weighted by Crippen LogP contribution is 2.41. The second-order valence-corrected chi connectivity index (χ2v) is 10.9. The molecule has 0 unspecified atom stereocenters. The topological polar surface area (TPSA) is 64.6 Å². The minimum atomic E-state index is -1.20. The van der Waals surface area contributed by atoms with Crippen LogP contribution in [0.25, 0.3) is 11.1 Å². The minimum absolute atomic E-state index is 0.235. The molecule has 0 bridgehead atoms. The number of esters is 1. The molecule has 7 heteroatoms. The third-order valence-electron chi connectivity index (χ3n) is 5.41. The Morgan fingerprint density at radius 3 is 2.26 bits per heavy atom. The number of rotatable bonds is 9. The van der Waals surface area contributed by atoms with Crippen LogP contribution in [-0.4, -0.2) is 24.1 Å². The summed E-state index contributed by atoms with van der Waals surface area (Å²) in [5.74, 6) is 0.228. The highest BCUT2D eigenvalue weighted by molar-refractivity contribution is 7.17. The first-order chi connectivity index (χ1) is 16.5. The molecule has 1 aromatic heterocycles. The molecule has 0 saturated carbocycles. The van der Waals surface area contributed by atoms with Crippen molar-refractivity contribution < 1.29 is 19.1 Å². The van der Waals surface area contributed by atoms with Crippen LogP contribution in [0, 0.1) is 12.8 Å². The van der Waals surface area contributed by atoms with Crippen molar-refractivity contribution in [1.82, 2.24) is 0 Å². The van der Waals surface area contributed by atoms with Crippen molar-refractivity contribution >= 4 is 39.8 Å². The predicted octanol–water partition coefficient (Wildman–Crippen LogP) is 7.55. The molecular weight excluding hydrogens is 482 g/mol. The van der Waals surface area contributed by atoms with Crippen molar-refractivity contribution in [1.29, 1.82) is 0 Å². The maximum Gasteiger partial charge on any atom is 0.341 e. The van der Waals surface area contributed by atoms with Crippen LogP contribution in [0.4, 0.5) is 5.00 Å². The van der Waals surface area contributed by atoms with Gasteiger partial charge in [-0.05, 0) is 75.4 Å². The lowest BCUT2D eigenvalue weighted by atomic mass is 9.97. The zero-order chi connectivity index (χ0) is 25.8. The highest BCUT2D eigenvalue weighted by atomic mass is 35.5. The second-order valence-electron chi connectivity index (χ2n) is 9.27. The summed E-state index contributed by atoms with van der Waals surface area (Å²) >= 11 is 7.30. The Morgan fingerprint density at radius 2 is 1.69 bits per heavy atom. The van der Waals surface area contributed by atoms with Gasteiger partial charge in [-0.1, -0.05) is 49.7 Å². The van der Waals surface area contributed by atoms with Gasteiger partial charge in [-0.3, -0.25) is 4.79 Å². The van der Waals surface area contributed by atoms with Gasteiger partial charge >= 0.3 is 5.97 Å². The fourth-order valence-corrected chi connectivity index (χ4v) is 4.94. The van der Waals surface area contributed by atoms with E-state index in [-0.39, 0.29) is 12.5 Å². The summed E-state index contributed by atoms with van der Waals surface area (Å²) in [5.41, 5.74) is 2.09. The molecule has 0 aliphatic carbocycles. The molecule has 1 heterocycles. The lowest BCUT2D eigenvalue weighted by Crippen LogP contribution is -2.42. The Bertz CT molecular complexity index is 1180. The molecule has 186 valence electrons. The van der Waals surface area contributed by atoms with Gasteiger partial charge in [-0.2, -0.15) is 0 Å². The van der Waals surface area contributed by atoms with Crippen molar-refractivity contribution in [3.63, 3.8) is 0 Å². The highest BCUT2D eigenvalue weighted by Gasteiger charge is 2.33. The number of anilines is 1. The average Bonchev–Trinajstić information content (AvgIpc) is 3.11. The molecule has 2 aromatic carbocycles. The number of amides is 1. The van der Waals surface area contributed by atoms with Gasteiger partial charge in [0.1, 0.15) is 16.3 Å². The third-order valence-corrected chi connectivity index (χ3v) is 6.68. The van der Waals surface area contributed by atoms with E-state index < -0.39 is 11.6 Å². The summed E-state index contributed by atoms with van der Waals surface area (Å²) in [6.45, 7) is 11.7. The smallest absolute Gasteiger partial charge is 0.341 e. The van der Waals surface area contributed by atoms with Gasteiger partial charge in [0.25, 0.3) is 5.91 Å². The van der Waals surface area contributed by atoms with Gasteiger partial charge < -0.3 is 14.8 Å². The molecule has 0 aliphatic heterocycles. The van der Waals surface area contributed by atoms with Crippen LogP contribution < -0.4 is 10.1 Å². The first kappa shape index (κ1) is 26.8. The average molecular weight is 514 g/mol. The van der Waals surface area contributed by atoms with E-state index in [1.807, 2.05) is 19.1 Å². The van der Waals surface area contributed by atoms with Crippen LogP contribution >= 0.6 is 22.9 Å². The van der Waals surface area contributed by atoms with Gasteiger partial charge in [-0.25, -0.2) is 4.79 Å². The van der Waals surface area contributed by atoms with Crippen molar-refractivity contribution in [2.24, 2.45) is 5.92 Å². The molecule has 0 radical (unpaired) electrons. The standard InChI is InChI=1S/C28H32ClNO4S/c1-7-33-26(31)24-23(20-10-8-19(9-11-20)16-17(2)3)18(4)35-25(24)30-27(32)28(5,6)34-22-14-12-21(29)13-15-22/h8-15,17H,7,16H2,1-6H3,(H,30,32). The first-order valence-electron chi connectivity index (χ1n) is 11.7. The Morgan fingerprint density at radius 1 is 1.06 bits per heavy atom. The molecule has 35 heavy (non-hydrogen) atoms. The molecule has 1 amide bonds. The summed E-state index contributed by atoms with van der Waals surface area (Å²) in [5, 5.41) is 3.94. The van der Waals surface area contributed by atoms with Gasteiger partial charge in [0.2, 0.25) is 0 Å². The number of nitrogens with one attached hydrogen (secondary N) is 1. The molecule has 1 N–H and O–H groups in total. The molecule has 3 rings (SSSR count). The molecule has 0 atom stereocenters. The van der Waals surface area contributed by atoms with Crippen LogP contribution in [0.3, 0.4) is 0 Å². The number of hydrogen-bond donors (Lipinski definition) is 1.